The third-order valence-corrected chi connectivity index (χ3v) is 5.94. The Labute approximate surface area is 218 Å². The highest BCUT2D eigenvalue weighted by Crippen LogP contribution is 2.14. The summed E-state index contributed by atoms with van der Waals surface area (Å²) in [6, 6.07) is 25.5. The van der Waals surface area contributed by atoms with Crippen molar-refractivity contribution in [3.63, 3.8) is 0 Å². The molecule has 3 aromatic carbocycles. The van der Waals surface area contributed by atoms with Gasteiger partial charge in [0, 0.05) is 18.5 Å². The van der Waals surface area contributed by atoms with Crippen molar-refractivity contribution in [1.29, 1.82) is 0 Å². The van der Waals surface area contributed by atoms with Gasteiger partial charge >= 0.3 is 0 Å². The fourth-order valence-corrected chi connectivity index (χ4v) is 3.94. The topological polar surface area (TPSA) is 84.5 Å². The summed E-state index contributed by atoms with van der Waals surface area (Å²) in [4.78, 5) is 39.2. The molecular weight excluding hydrogens is 464 g/mol. The molecule has 0 aromatic heterocycles. The van der Waals surface area contributed by atoms with Gasteiger partial charge in [0.1, 0.15) is 11.8 Å². The van der Waals surface area contributed by atoms with Crippen LogP contribution < -0.4 is 15.4 Å². The number of amides is 2. The lowest BCUT2D eigenvalue weighted by Crippen LogP contribution is -2.49. The molecule has 192 valence electrons. The third kappa shape index (κ3) is 8.76. The fraction of sp³-hybridized carbons (Fsp3) is 0.258. The van der Waals surface area contributed by atoms with Crippen molar-refractivity contribution in [2.45, 2.75) is 38.6 Å². The summed E-state index contributed by atoms with van der Waals surface area (Å²) < 4.78 is 5.16. The molecule has 2 amide bonds. The SMILES string of the molecule is CCC/C(=C\c1ccccc1)C(=O)N[C@@H](Cc1ccccc1)C(=O)C(=O)NCCc1ccc(OC)cc1. The number of carbonyl (C=O) groups excluding carboxylic acids is 3. The molecule has 3 rings (SSSR count). The molecule has 0 saturated carbocycles. The van der Waals surface area contributed by atoms with E-state index in [1.807, 2.05) is 97.9 Å². The van der Waals surface area contributed by atoms with Gasteiger partial charge in [0.05, 0.1) is 7.11 Å². The van der Waals surface area contributed by atoms with Gasteiger partial charge in [-0.05, 0) is 47.7 Å². The zero-order chi connectivity index (χ0) is 26.5. The van der Waals surface area contributed by atoms with Gasteiger partial charge in [-0.15, -0.1) is 0 Å². The van der Waals surface area contributed by atoms with Crippen molar-refractivity contribution < 1.29 is 19.1 Å². The van der Waals surface area contributed by atoms with Crippen LogP contribution >= 0.6 is 0 Å². The van der Waals surface area contributed by atoms with Crippen molar-refractivity contribution in [3.8, 4) is 5.75 Å². The quantitative estimate of drug-likeness (QED) is 0.268. The summed E-state index contributed by atoms with van der Waals surface area (Å²) in [6.07, 6.45) is 3.95. The molecule has 3 aromatic rings. The molecule has 0 heterocycles. The van der Waals surface area contributed by atoms with E-state index in [2.05, 4.69) is 10.6 Å². The second-order valence-electron chi connectivity index (χ2n) is 8.76. The molecule has 0 aliphatic carbocycles. The van der Waals surface area contributed by atoms with Crippen molar-refractivity contribution in [2.24, 2.45) is 0 Å². The molecule has 0 spiro atoms. The van der Waals surface area contributed by atoms with E-state index in [1.165, 1.54) is 0 Å². The molecule has 1 atom stereocenters. The summed E-state index contributed by atoms with van der Waals surface area (Å²) in [5.41, 5.74) is 3.34. The van der Waals surface area contributed by atoms with Crippen LogP contribution in [-0.2, 0) is 27.2 Å². The normalized spacial score (nSPS) is 11.9. The van der Waals surface area contributed by atoms with Gasteiger partial charge in [-0.2, -0.15) is 0 Å². The Bertz CT molecular complexity index is 1190. The standard InChI is InChI=1S/C31H34N2O4/c1-3-10-26(21-24-11-6-4-7-12-24)30(35)33-28(22-25-13-8-5-9-14-25)29(34)31(36)32-20-19-23-15-17-27(37-2)18-16-23/h4-9,11-18,21,28H,3,10,19-20,22H2,1-2H3,(H,32,36)(H,33,35)/b26-21+/t28-/m0/s1. The maximum absolute atomic E-state index is 13.2. The van der Waals surface area contributed by atoms with Crippen LogP contribution in [0.2, 0.25) is 0 Å². The predicted molar refractivity (Wildman–Crippen MR) is 146 cm³/mol. The monoisotopic (exact) mass is 498 g/mol. The Morgan fingerprint density at radius 2 is 1.49 bits per heavy atom. The Hall–Kier alpha value is -4.19. The van der Waals surface area contributed by atoms with E-state index in [-0.39, 0.29) is 12.3 Å². The molecule has 0 unspecified atom stereocenters. The predicted octanol–water partition coefficient (Wildman–Crippen LogP) is 4.53. The van der Waals surface area contributed by atoms with E-state index in [4.69, 9.17) is 4.74 Å². The molecule has 0 saturated heterocycles. The van der Waals surface area contributed by atoms with E-state index in [0.29, 0.717) is 25.0 Å². The smallest absolute Gasteiger partial charge is 0.289 e. The summed E-state index contributed by atoms with van der Waals surface area (Å²) >= 11 is 0. The molecule has 0 aliphatic heterocycles. The van der Waals surface area contributed by atoms with E-state index in [0.717, 1.165) is 28.9 Å². The summed E-state index contributed by atoms with van der Waals surface area (Å²) in [7, 11) is 1.61. The average molecular weight is 499 g/mol. The molecule has 0 fully saturated rings. The van der Waals surface area contributed by atoms with Gasteiger partial charge in [0.2, 0.25) is 11.7 Å². The lowest BCUT2D eigenvalue weighted by atomic mass is 10.00. The van der Waals surface area contributed by atoms with E-state index in [1.54, 1.807) is 7.11 Å². The molecule has 0 bridgehead atoms. The van der Waals surface area contributed by atoms with Crippen LogP contribution in [0.5, 0.6) is 5.75 Å². The van der Waals surface area contributed by atoms with Crippen molar-refractivity contribution >= 4 is 23.7 Å². The first kappa shape index (κ1) is 27.4. The van der Waals surface area contributed by atoms with Crippen molar-refractivity contribution in [3.05, 3.63) is 107 Å². The molecule has 0 radical (unpaired) electrons. The first-order valence-corrected chi connectivity index (χ1v) is 12.6. The number of methoxy groups -OCH3 is 1. The molecule has 6 heteroatoms. The lowest BCUT2D eigenvalue weighted by Gasteiger charge is -2.19. The number of ketones is 1. The maximum atomic E-state index is 13.2. The van der Waals surface area contributed by atoms with Gasteiger partial charge in [0.25, 0.3) is 5.91 Å². The molecule has 2 N–H and O–H groups in total. The zero-order valence-electron chi connectivity index (χ0n) is 21.4. The number of carbonyl (C=O) groups is 3. The fourth-order valence-electron chi connectivity index (χ4n) is 3.94. The Morgan fingerprint density at radius 3 is 2.11 bits per heavy atom. The molecular formula is C31H34N2O4. The van der Waals surface area contributed by atoms with Crippen LogP contribution in [0.4, 0.5) is 0 Å². The van der Waals surface area contributed by atoms with Gasteiger partial charge in [-0.3, -0.25) is 14.4 Å². The number of Topliss-reactive ketones (excluding diaryl/α,β-unsaturated/α-hetero) is 1. The molecule has 6 nitrogen and oxygen atoms in total. The number of rotatable bonds is 13. The van der Waals surface area contributed by atoms with Crippen LogP contribution in [-0.4, -0.2) is 37.3 Å². The Morgan fingerprint density at radius 1 is 0.838 bits per heavy atom. The number of benzene rings is 3. The lowest BCUT2D eigenvalue weighted by molar-refractivity contribution is -0.139. The van der Waals surface area contributed by atoms with E-state index >= 15 is 0 Å². The summed E-state index contributed by atoms with van der Waals surface area (Å²) in [6.45, 7) is 2.30. The summed E-state index contributed by atoms with van der Waals surface area (Å²) in [5.74, 6) is -0.960. The number of ether oxygens (including phenoxy) is 1. The molecule has 37 heavy (non-hydrogen) atoms. The first-order valence-electron chi connectivity index (χ1n) is 12.6. The Balaban J connectivity index is 1.70. The van der Waals surface area contributed by atoms with E-state index in [9.17, 15) is 14.4 Å². The van der Waals surface area contributed by atoms with Gasteiger partial charge in [0.15, 0.2) is 0 Å². The highest BCUT2D eigenvalue weighted by Gasteiger charge is 2.28. The largest absolute Gasteiger partial charge is 0.497 e. The van der Waals surface area contributed by atoms with Crippen LogP contribution in [0.3, 0.4) is 0 Å². The van der Waals surface area contributed by atoms with Crippen molar-refractivity contribution in [2.75, 3.05) is 13.7 Å². The van der Waals surface area contributed by atoms with Gasteiger partial charge in [-0.1, -0.05) is 86.1 Å². The van der Waals surface area contributed by atoms with Gasteiger partial charge < -0.3 is 15.4 Å². The highest BCUT2D eigenvalue weighted by atomic mass is 16.5. The highest BCUT2D eigenvalue weighted by molar-refractivity contribution is 6.38. The average Bonchev–Trinajstić information content (AvgIpc) is 2.93. The second kappa shape index (κ2) is 14.4. The minimum atomic E-state index is -0.980. The maximum Gasteiger partial charge on any atom is 0.289 e. The Kier molecular flexibility index (Phi) is 10.7. The number of hydrogen-bond acceptors (Lipinski definition) is 4. The zero-order valence-corrected chi connectivity index (χ0v) is 21.4. The van der Waals surface area contributed by atoms with Gasteiger partial charge in [-0.25, -0.2) is 0 Å². The second-order valence-corrected chi connectivity index (χ2v) is 8.76. The number of nitrogens with one attached hydrogen (secondary N) is 2. The van der Waals surface area contributed by atoms with Crippen LogP contribution in [0, 0.1) is 0 Å². The summed E-state index contributed by atoms with van der Waals surface area (Å²) in [5, 5.41) is 5.55. The minimum absolute atomic E-state index is 0.224. The van der Waals surface area contributed by atoms with Crippen LogP contribution in [0.1, 0.15) is 36.5 Å². The van der Waals surface area contributed by atoms with Crippen LogP contribution in [0.25, 0.3) is 6.08 Å². The number of hydrogen-bond donors (Lipinski definition) is 2. The molecule has 0 aliphatic rings. The van der Waals surface area contributed by atoms with Crippen molar-refractivity contribution in [1.82, 2.24) is 10.6 Å². The third-order valence-electron chi connectivity index (χ3n) is 5.94. The van der Waals surface area contributed by atoms with E-state index < -0.39 is 17.7 Å². The van der Waals surface area contributed by atoms with Crippen LogP contribution in [0.15, 0.2) is 90.5 Å². The minimum Gasteiger partial charge on any atom is -0.497 e. The first-order chi connectivity index (χ1) is 18.0.